The van der Waals surface area contributed by atoms with Crippen LogP contribution in [0.4, 0.5) is 0 Å². The van der Waals surface area contributed by atoms with Gasteiger partial charge in [-0.05, 0) is 84.5 Å². The Bertz CT molecular complexity index is 695. The molecule has 0 radical (unpaired) electrons. The van der Waals surface area contributed by atoms with Gasteiger partial charge >= 0.3 is 5.97 Å². The summed E-state index contributed by atoms with van der Waals surface area (Å²) in [5.74, 6) is 0.896. The van der Waals surface area contributed by atoms with Crippen molar-refractivity contribution in [2.24, 2.45) is 17.3 Å². The number of aliphatic hydroxyl groups excluding tert-OH is 1. The van der Waals surface area contributed by atoms with E-state index in [1.165, 1.54) is 30.2 Å². The monoisotopic (exact) mass is 342 g/mol. The number of fused-ring (bicyclic) bond motifs is 5. The van der Waals surface area contributed by atoms with Gasteiger partial charge in [-0.15, -0.1) is 0 Å². The summed E-state index contributed by atoms with van der Waals surface area (Å²) in [6.07, 6.45) is 7.13. The number of hydrogen-bond acceptors (Lipinski definition) is 3. The summed E-state index contributed by atoms with van der Waals surface area (Å²) in [5, 5.41) is 9.98. The summed E-state index contributed by atoms with van der Waals surface area (Å²) in [6.45, 7) is 4.45. The molecule has 25 heavy (non-hydrogen) atoms. The van der Waals surface area contributed by atoms with Crippen molar-refractivity contribution in [2.75, 3.05) is 7.11 Å². The molecule has 0 heterocycles. The minimum absolute atomic E-state index is 0.0191. The summed E-state index contributed by atoms with van der Waals surface area (Å²) in [4.78, 5) is 12.1. The smallest absolute Gasteiger partial charge is 0.308 e. The second-order valence-electron chi connectivity index (χ2n) is 8.72. The van der Waals surface area contributed by atoms with Crippen LogP contribution in [0, 0.1) is 17.3 Å². The summed E-state index contributed by atoms with van der Waals surface area (Å²) in [6, 6.07) is 4.60. The lowest BCUT2D eigenvalue weighted by Gasteiger charge is -2.44. The van der Waals surface area contributed by atoms with Gasteiger partial charge in [0.2, 0.25) is 0 Å². The minimum atomic E-state index is -0.170. The highest BCUT2D eigenvalue weighted by atomic mass is 16.5. The fourth-order valence-corrected chi connectivity index (χ4v) is 6.25. The normalized spacial score (nSPS) is 34.6. The topological polar surface area (TPSA) is 46.5 Å². The van der Waals surface area contributed by atoms with E-state index >= 15 is 0 Å². The molecule has 3 aliphatic carbocycles. The molecule has 3 aliphatic rings. The van der Waals surface area contributed by atoms with Crippen LogP contribution in [-0.4, -0.2) is 24.3 Å². The van der Waals surface area contributed by atoms with Crippen molar-refractivity contribution < 1.29 is 14.6 Å². The fraction of sp³-hybridized carbons (Fsp3) is 0.682. The van der Waals surface area contributed by atoms with Crippen LogP contribution in [-0.2, 0) is 28.8 Å². The Hall–Kier alpha value is -1.35. The quantitative estimate of drug-likeness (QED) is 0.832. The van der Waals surface area contributed by atoms with E-state index in [9.17, 15) is 9.90 Å². The van der Waals surface area contributed by atoms with Crippen molar-refractivity contribution in [3.05, 3.63) is 34.4 Å². The Balaban J connectivity index is 1.69. The second kappa shape index (κ2) is 6.12. The van der Waals surface area contributed by atoms with Crippen LogP contribution in [0.5, 0.6) is 0 Å². The molecule has 4 rings (SSSR count). The molecule has 0 spiro atoms. The van der Waals surface area contributed by atoms with Crippen molar-refractivity contribution >= 4 is 5.97 Å². The van der Waals surface area contributed by atoms with Crippen LogP contribution in [0.15, 0.2) is 12.1 Å². The number of benzene rings is 1. The molecule has 1 saturated carbocycles. The van der Waals surface area contributed by atoms with Gasteiger partial charge in [-0.1, -0.05) is 26.0 Å². The molecule has 1 aromatic carbocycles. The lowest BCUT2D eigenvalue weighted by Crippen LogP contribution is -2.38. The lowest BCUT2D eigenvalue weighted by atomic mass is 9.60. The van der Waals surface area contributed by atoms with Gasteiger partial charge in [-0.3, -0.25) is 4.79 Å². The van der Waals surface area contributed by atoms with Gasteiger partial charge in [-0.25, -0.2) is 0 Å². The maximum absolute atomic E-state index is 12.1. The molecule has 0 saturated heterocycles. The third-order valence-corrected chi connectivity index (χ3v) is 7.62. The molecule has 5 unspecified atom stereocenters. The number of carbonyl (C=O) groups excluding carboxylic acids is 1. The Kier molecular flexibility index (Phi) is 4.18. The van der Waals surface area contributed by atoms with Crippen LogP contribution in [0.3, 0.4) is 0 Å². The lowest BCUT2D eigenvalue weighted by molar-refractivity contribution is -0.148. The van der Waals surface area contributed by atoms with E-state index in [2.05, 4.69) is 19.1 Å². The average Bonchev–Trinajstić information content (AvgIpc) is 2.97. The van der Waals surface area contributed by atoms with E-state index in [0.29, 0.717) is 11.8 Å². The van der Waals surface area contributed by atoms with Gasteiger partial charge in [0.15, 0.2) is 0 Å². The van der Waals surface area contributed by atoms with E-state index in [1.807, 2.05) is 6.92 Å². The second-order valence-corrected chi connectivity index (χ2v) is 8.72. The predicted molar refractivity (Wildman–Crippen MR) is 97.5 cm³/mol. The third-order valence-electron chi connectivity index (χ3n) is 7.62. The molecule has 1 N–H and O–H groups in total. The molecule has 136 valence electrons. The number of esters is 1. The number of aliphatic hydroxyl groups is 1. The van der Waals surface area contributed by atoms with Crippen molar-refractivity contribution in [3.63, 3.8) is 0 Å². The van der Waals surface area contributed by atoms with Crippen LogP contribution in [0.25, 0.3) is 0 Å². The number of hydrogen-bond donors (Lipinski definition) is 1. The van der Waals surface area contributed by atoms with Crippen LogP contribution in [0.1, 0.15) is 67.7 Å². The molecular formula is C22H30O3. The molecule has 1 aromatic rings. The molecule has 3 nitrogen and oxygen atoms in total. The van der Waals surface area contributed by atoms with Crippen molar-refractivity contribution in [1.29, 1.82) is 0 Å². The SMILES string of the molecule is COC(=O)C(C)C1CCC2c3ccc4c(c3CCC21C)CCC(O)C4. The molecular weight excluding hydrogens is 312 g/mol. The van der Waals surface area contributed by atoms with Gasteiger partial charge in [0.25, 0.3) is 0 Å². The fourth-order valence-electron chi connectivity index (χ4n) is 6.25. The zero-order chi connectivity index (χ0) is 17.8. The maximum atomic E-state index is 12.1. The predicted octanol–water partition coefficient (Wildman–Crippen LogP) is 3.79. The van der Waals surface area contributed by atoms with E-state index in [4.69, 9.17) is 4.74 Å². The molecule has 0 bridgehead atoms. The summed E-state index contributed by atoms with van der Waals surface area (Å²) in [5.41, 5.74) is 6.18. The first-order valence-electron chi connectivity index (χ1n) is 9.85. The minimum Gasteiger partial charge on any atom is -0.469 e. The molecule has 1 fully saturated rings. The van der Waals surface area contributed by atoms with Gasteiger partial charge in [0.05, 0.1) is 19.1 Å². The summed E-state index contributed by atoms with van der Waals surface area (Å²) in [7, 11) is 1.50. The van der Waals surface area contributed by atoms with E-state index in [-0.39, 0.29) is 23.4 Å². The Morgan fingerprint density at radius 2 is 2.04 bits per heavy atom. The highest BCUT2D eigenvalue weighted by Crippen LogP contribution is 2.61. The molecule has 0 amide bonds. The van der Waals surface area contributed by atoms with Crippen LogP contribution < -0.4 is 0 Å². The van der Waals surface area contributed by atoms with Gasteiger partial charge in [-0.2, -0.15) is 0 Å². The van der Waals surface area contributed by atoms with Gasteiger partial charge in [0.1, 0.15) is 0 Å². The molecule has 0 aliphatic heterocycles. The molecule has 3 heteroatoms. The van der Waals surface area contributed by atoms with Crippen molar-refractivity contribution in [1.82, 2.24) is 0 Å². The molecule has 5 atom stereocenters. The highest BCUT2D eigenvalue weighted by molar-refractivity contribution is 5.72. The number of carbonyl (C=O) groups is 1. The summed E-state index contributed by atoms with van der Waals surface area (Å²) < 4.78 is 5.04. The zero-order valence-electron chi connectivity index (χ0n) is 15.7. The summed E-state index contributed by atoms with van der Waals surface area (Å²) >= 11 is 0. The first-order valence-corrected chi connectivity index (χ1v) is 9.85. The number of methoxy groups -OCH3 is 1. The average molecular weight is 342 g/mol. The van der Waals surface area contributed by atoms with Crippen LogP contribution >= 0.6 is 0 Å². The largest absolute Gasteiger partial charge is 0.469 e. The van der Waals surface area contributed by atoms with Gasteiger partial charge < -0.3 is 9.84 Å². The molecule has 0 aromatic heterocycles. The zero-order valence-corrected chi connectivity index (χ0v) is 15.7. The van der Waals surface area contributed by atoms with E-state index < -0.39 is 0 Å². The van der Waals surface area contributed by atoms with Gasteiger partial charge in [0, 0.05) is 0 Å². The first-order chi connectivity index (χ1) is 12.0. The first kappa shape index (κ1) is 17.1. The third kappa shape index (κ3) is 2.54. The Labute approximate surface area is 150 Å². The van der Waals surface area contributed by atoms with E-state index in [1.54, 1.807) is 5.56 Å². The Morgan fingerprint density at radius 1 is 1.24 bits per heavy atom. The van der Waals surface area contributed by atoms with Crippen LogP contribution in [0.2, 0.25) is 0 Å². The van der Waals surface area contributed by atoms with Crippen molar-refractivity contribution in [3.8, 4) is 0 Å². The van der Waals surface area contributed by atoms with E-state index in [0.717, 1.165) is 38.5 Å². The maximum Gasteiger partial charge on any atom is 0.308 e. The number of rotatable bonds is 2. The highest BCUT2D eigenvalue weighted by Gasteiger charge is 2.52. The standard InChI is InChI=1S/C22H30O3/c1-13(21(24)25-3)19-8-9-20-18-6-4-14-12-15(23)5-7-16(14)17(18)10-11-22(19,20)2/h4,6,13,15,19-20,23H,5,7-12H2,1-3H3. The van der Waals surface area contributed by atoms with Crippen molar-refractivity contribution in [2.45, 2.75) is 70.8 Å². The number of ether oxygens (including phenoxy) is 1. The Morgan fingerprint density at radius 3 is 2.80 bits per heavy atom.